The lowest BCUT2D eigenvalue weighted by Crippen LogP contribution is -2.41. The van der Waals surface area contributed by atoms with Crippen molar-refractivity contribution in [2.75, 3.05) is 0 Å². The lowest BCUT2D eigenvalue weighted by atomic mass is 10.1. The number of benzene rings is 2. The second kappa shape index (κ2) is 6.85. The zero-order chi connectivity index (χ0) is 18.8. The Morgan fingerprint density at radius 1 is 1.12 bits per heavy atom. The molecule has 2 aromatic carbocycles. The van der Waals surface area contributed by atoms with Crippen molar-refractivity contribution < 1.29 is 18.9 Å². The number of furan rings is 1. The predicted octanol–water partition coefficient (Wildman–Crippen LogP) is 3.38. The lowest BCUT2D eigenvalue weighted by Gasteiger charge is -2.06. The number of para-hydroxylation sites is 1. The van der Waals surface area contributed by atoms with Gasteiger partial charge >= 0.3 is 5.91 Å². The second-order valence-electron chi connectivity index (χ2n) is 5.39. The first kappa shape index (κ1) is 17.4. The molecule has 0 unspecified atom stereocenters. The maximum atomic E-state index is 12.3. The molecule has 0 saturated carbocycles. The normalized spacial score (nSPS) is 10.5. The SMILES string of the molecule is Cc1c(C(=O)NNC(=O)c2cccc([N+](=O)[O-])c2)oc2c(Cl)cccc12. The molecule has 0 aliphatic rings. The molecule has 26 heavy (non-hydrogen) atoms. The molecule has 0 aliphatic carbocycles. The molecule has 0 bridgehead atoms. The standard InChI is InChI=1S/C17H12ClN3O5/c1-9-12-6-3-7-13(18)15(12)26-14(9)17(23)20-19-16(22)10-4-2-5-11(8-10)21(24)25/h2-8H,1H3,(H,19,22)(H,20,23). The second-order valence-corrected chi connectivity index (χ2v) is 5.80. The van der Waals surface area contributed by atoms with E-state index in [2.05, 4.69) is 10.9 Å². The molecule has 9 heteroatoms. The van der Waals surface area contributed by atoms with Gasteiger partial charge in [0, 0.05) is 28.6 Å². The van der Waals surface area contributed by atoms with E-state index in [9.17, 15) is 19.7 Å². The number of aryl methyl sites for hydroxylation is 1. The van der Waals surface area contributed by atoms with Crippen LogP contribution in [-0.4, -0.2) is 16.7 Å². The minimum Gasteiger partial charge on any atom is -0.449 e. The number of fused-ring (bicyclic) bond motifs is 1. The average molecular weight is 374 g/mol. The highest BCUT2D eigenvalue weighted by atomic mass is 35.5. The van der Waals surface area contributed by atoms with E-state index in [1.54, 1.807) is 25.1 Å². The molecule has 132 valence electrons. The highest BCUT2D eigenvalue weighted by molar-refractivity contribution is 6.35. The molecular weight excluding hydrogens is 362 g/mol. The van der Waals surface area contributed by atoms with Gasteiger partial charge in [0.2, 0.25) is 0 Å². The molecule has 3 rings (SSSR count). The minimum absolute atomic E-state index is 0.00689. The third kappa shape index (κ3) is 3.22. The number of carbonyl (C=O) groups excluding carboxylic acids is 2. The number of rotatable bonds is 3. The summed E-state index contributed by atoms with van der Waals surface area (Å²) in [6, 6.07) is 10.3. The molecule has 2 amide bonds. The van der Waals surface area contributed by atoms with Gasteiger partial charge in [-0.05, 0) is 19.1 Å². The largest absolute Gasteiger partial charge is 0.449 e. The Morgan fingerprint density at radius 2 is 1.81 bits per heavy atom. The Labute approximate surface area is 151 Å². The summed E-state index contributed by atoms with van der Waals surface area (Å²) >= 11 is 6.04. The number of nitro benzene ring substituents is 1. The predicted molar refractivity (Wildman–Crippen MR) is 94.0 cm³/mol. The van der Waals surface area contributed by atoms with E-state index in [1.807, 2.05) is 0 Å². The number of halogens is 1. The zero-order valence-electron chi connectivity index (χ0n) is 13.4. The molecule has 0 fully saturated rings. The van der Waals surface area contributed by atoms with Crippen LogP contribution in [0.2, 0.25) is 5.02 Å². The summed E-state index contributed by atoms with van der Waals surface area (Å²) in [5.74, 6) is -1.37. The molecule has 0 aliphatic heterocycles. The van der Waals surface area contributed by atoms with E-state index in [0.717, 1.165) is 6.07 Å². The van der Waals surface area contributed by atoms with E-state index < -0.39 is 16.7 Å². The number of nitrogens with zero attached hydrogens (tertiary/aromatic N) is 1. The Bertz CT molecular complexity index is 1040. The summed E-state index contributed by atoms with van der Waals surface area (Å²) in [5, 5.41) is 11.8. The molecule has 0 atom stereocenters. The summed E-state index contributed by atoms with van der Waals surface area (Å²) in [4.78, 5) is 34.5. The number of nitrogens with one attached hydrogen (secondary N) is 2. The van der Waals surface area contributed by atoms with Gasteiger partial charge in [0.25, 0.3) is 11.6 Å². The number of carbonyl (C=O) groups is 2. The van der Waals surface area contributed by atoms with Crippen molar-refractivity contribution in [3.8, 4) is 0 Å². The monoisotopic (exact) mass is 373 g/mol. The van der Waals surface area contributed by atoms with Gasteiger partial charge in [-0.1, -0.05) is 29.8 Å². The van der Waals surface area contributed by atoms with Crippen molar-refractivity contribution >= 4 is 40.1 Å². The van der Waals surface area contributed by atoms with Crippen LogP contribution in [0.15, 0.2) is 46.9 Å². The summed E-state index contributed by atoms with van der Waals surface area (Å²) in [6.07, 6.45) is 0. The van der Waals surface area contributed by atoms with Crippen molar-refractivity contribution in [2.45, 2.75) is 6.92 Å². The molecule has 1 aromatic heterocycles. The highest BCUT2D eigenvalue weighted by Crippen LogP contribution is 2.30. The van der Waals surface area contributed by atoms with Gasteiger partial charge in [-0.25, -0.2) is 0 Å². The molecule has 0 spiro atoms. The molecule has 1 heterocycles. The van der Waals surface area contributed by atoms with E-state index >= 15 is 0 Å². The van der Waals surface area contributed by atoms with Crippen molar-refractivity contribution in [3.05, 3.63) is 74.5 Å². The summed E-state index contributed by atoms with van der Waals surface area (Å²) in [5.41, 5.74) is 5.17. The van der Waals surface area contributed by atoms with Gasteiger partial charge < -0.3 is 4.42 Å². The first-order chi connectivity index (χ1) is 12.4. The van der Waals surface area contributed by atoms with Crippen molar-refractivity contribution in [1.82, 2.24) is 10.9 Å². The molecule has 2 N–H and O–H groups in total. The van der Waals surface area contributed by atoms with Crippen LogP contribution >= 0.6 is 11.6 Å². The fraction of sp³-hybridized carbons (Fsp3) is 0.0588. The smallest absolute Gasteiger partial charge is 0.305 e. The fourth-order valence-electron chi connectivity index (χ4n) is 2.43. The van der Waals surface area contributed by atoms with Crippen LogP contribution in [0.5, 0.6) is 0 Å². The number of hydrogen-bond acceptors (Lipinski definition) is 5. The van der Waals surface area contributed by atoms with Crippen LogP contribution in [0.25, 0.3) is 11.0 Å². The number of nitro groups is 1. The number of hydrogen-bond donors (Lipinski definition) is 2. The third-order valence-electron chi connectivity index (χ3n) is 3.73. The van der Waals surface area contributed by atoms with E-state index in [4.69, 9.17) is 16.0 Å². The third-order valence-corrected chi connectivity index (χ3v) is 4.03. The van der Waals surface area contributed by atoms with E-state index in [0.29, 0.717) is 21.6 Å². The number of amides is 2. The summed E-state index contributed by atoms with van der Waals surface area (Å²) in [7, 11) is 0. The molecule has 8 nitrogen and oxygen atoms in total. The molecule has 3 aromatic rings. The topological polar surface area (TPSA) is 114 Å². The zero-order valence-corrected chi connectivity index (χ0v) is 14.2. The van der Waals surface area contributed by atoms with Gasteiger partial charge in [0.05, 0.1) is 9.95 Å². The maximum Gasteiger partial charge on any atom is 0.305 e. The van der Waals surface area contributed by atoms with Crippen LogP contribution in [0.4, 0.5) is 5.69 Å². The van der Waals surface area contributed by atoms with Crippen LogP contribution < -0.4 is 10.9 Å². The Hall–Kier alpha value is -3.39. The Balaban J connectivity index is 1.76. The van der Waals surface area contributed by atoms with Crippen LogP contribution in [-0.2, 0) is 0 Å². The van der Waals surface area contributed by atoms with Crippen LogP contribution in [0, 0.1) is 17.0 Å². The molecular formula is C17H12ClN3O5. The van der Waals surface area contributed by atoms with Crippen LogP contribution in [0.3, 0.4) is 0 Å². The maximum absolute atomic E-state index is 12.3. The number of non-ortho nitro benzene ring substituents is 1. The van der Waals surface area contributed by atoms with Crippen molar-refractivity contribution in [3.63, 3.8) is 0 Å². The van der Waals surface area contributed by atoms with Gasteiger partial charge in [-0.3, -0.25) is 30.6 Å². The van der Waals surface area contributed by atoms with Gasteiger partial charge in [-0.2, -0.15) is 0 Å². The Kier molecular flexibility index (Phi) is 4.59. The molecule has 0 radical (unpaired) electrons. The quantitative estimate of drug-likeness (QED) is 0.539. The first-order valence-corrected chi connectivity index (χ1v) is 7.79. The highest BCUT2D eigenvalue weighted by Gasteiger charge is 2.20. The van der Waals surface area contributed by atoms with Gasteiger partial charge in [-0.15, -0.1) is 0 Å². The fourth-order valence-corrected chi connectivity index (χ4v) is 2.64. The van der Waals surface area contributed by atoms with Crippen molar-refractivity contribution in [1.29, 1.82) is 0 Å². The number of hydrazine groups is 1. The first-order valence-electron chi connectivity index (χ1n) is 7.41. The average Bonchev–Trinajstić information content (AvgIpc) is 2.98. The minimum atomic E-state index is -0.700. The Morgan fingerprint density at radius 3 is 2.50 bits per heavy atom. The lowest BCUT2D eigenvalue weighted by molar-refractivity contribution is -0.384. The van der Waals surface area contributed by atoms with E-state index in [-0.39, 0.29) is 17.0 Å². The van der Waals surface area contributed by atoms with Crippen LogP contribution in [0.1, 0.15) is 26.5 Å². The summed E-state index contributed by atoms with van der Waals surface area (Å²) < 4.78 is 5.50. The summed E-state index contributed by atoms with van der Waals surface area (Å²) in [6.45, 7) is 1.69. The van der Waals surface area contributed by atoms with Crippen molar-refractivity contribution in [2.24, 2.45) is 0 Å². The van der Waals surface area contributed by atoms with Gasteiger partial charge in [0.1, 0.15) is 0 Å². The van der Waals surface area contributed by atoms with Gasteiger partial charge in [0.15, 0.2) is 11.3 Å². The van der Waals surface area contributed by atoms with E-state index in [1.165, 1.54) is 18.2 Å². The molecule has 0 saturated heterocycles.